The largest absolute Gasteiger partial charge is 0.439 e. The highest BCUT2D eigenvalue weighted by atomic mass is 79.9. The zero-order valence-corrected chi connectivity index (χ0v) is 13.5. The van der Waals surface area contributed by atoms with Crippen LogP contribution in [0, 0.1) is 0 Å². The fraction of sp³-hybridized carbons (Fsp3) is 0.250. The van der Waals surface area contributed by atoms with Gasteiger partial charge < -0.3 is 15.0 Å². The maximum Gasteiger partial charge on any atom is 0.255 e. The number of hydrogen-bond donors (Lipinski definition) is 1. The molecule has 2 aromatic rings. The van der Waals surface area contributed by atoms with Gasteiger partial charge in [-0.2, -0.15) is 0 Å². The summed E-state index contributed by atoms with van der Waals surface area (Å²) in [7, 11) is 0. The molecular weight excluding hydrogens is 346 g/mol. The highest BCUT2D eigenvalue weighted by Crippen LogP contribution is 2.23. The molecule has 6 heteroatoms. The quantitative estimate of drug-likeness (QED) is 0.912. The number of carbonyl (C=O) groups is 1. The summed E-state index contributed by atoms with van der Waals surface area (Å²) in [6, 6.07) is 11.0. The maximum atomic E-state index is 12.3. The second kappa shape index (κ2) is 6.89. The number of benzene rings is 1. The van der Waals surface area contributed by atoms with Crippen molar-refractivity contribution in [3.8, 4) is 11.6 Å². The van der Waals surface area contributed by atoms with Gasteiger partial charge in [-0.25, -0.2) is 4.98 Å². The van der Waals surface area contributed by atoms with Gasteiger partial charge in [-0.15, -0.1) is 0 Å². The van der Waals surface area contributed by atoms with E-state index in [1.807, 2.05) is 29.2 Å². The van der Waals surface area contributed by atoms with Crippen LogP contribution in [0.1, 0.15) is 10.4 Å². The van der Waals surface area contributed by atoms with Crippen LogP contribution in [-0.2, 0) is 0 Å². The molecule has 5 nitrogen and oxygen atoms in total. The van der Waals surface area contributed by atoms with Crippen LogP contribution in [0.2, 0.25) is 0 Å². The second-order valence-electron chi connectivity index (χ2n) is 4.99. The Morgan fingerprint density at radius 3 is 2.73 bits per heavy atom. The minimum absolute atomic E-state index is 0.0167. The van der Waals surface area contributed by atoms with Gasteiger partial charge >= 0.3 is 0 Å². The van der Waals surface area contributed by atoms with Crippen molar-refractivity contribution in [1.82, 2.24) is 15.2 Å². The Labute approximate surface area is 137 Å². The summed E-state index contributed by atoms with van der Waals surface area (Å²) in [6.45, 7) is 3.14. The van der Waals surface area contributed by atoms with Crippen molar-refractivity contribution in [2.45, 2.75) is 0 Å². The van der Waals surface area contributed by atoms with E-state index in [4.69, 9.17) is 4.74 Å². The number of amides is 1. The molecule has 1 fully saturated rings. The van der Waals surface area contributed by atoms with Gasteiger partial charge in [0.25, 0.3) is 5.91 Å². The number of rotatable bonds is 3. The standard InChI is InChI=1S/C16H16BrN3O2/c17-13-2-1-3-14(10-13)22-15-5-4-12(11-19-15)16(21)20-8-6-18-7-9-20/h1-5,10-11,18H,6-9H2. The Kier molecular flexibility index (Phi) is 4.70. The minimum Gasteiger partial charge on any atom is -0.439 e. The van der Waals surface area contributed by atoms with Crippen molar-refractivity contribution in [2.24, 2.45) is 0 Å². The molecule has 1 aromatic heterocycles. The van der Waals surface area contributed by atoms with Crippen molar-refractivity contribution in [3.63, 3.8) is 0 Å². The molecule has 1 aliphatic rings. The van der Waals surface area contributed by atoms with Crippen LogP contribution < -0.4 is 10.1 Å². The molecule has 1 N–H and O–H groups in total. The zero-order valence-electron chi connectivity index (χ0n) is 12.0. The molecule has 0 aliphatic carbocycles. The van der Waals surface area contributed by atoms with Crippen LogP contribution in [0.4, 0.5) is 0 Å². The van der Waals surface area contributed by atoms with E-state index in [0.717, 1.165) is 30.7 Å². The molecule has 2 heterocycles. The van der Waals surface area contributed by atoms with E-state index in [1.165, 1.54) is 0 Å². The van der Waals surface area contributed by atoms with Crippen molar-refractivity contribution < 1.29 is 9.53 Å². The third kappa shape index (κ3) is 3.64. The molecular formula is C16H16BrN3O2. The molecule has 1 aliphatic heterocycles. The van der Waals surface area contributed by atoms with Crippen LogP contribution in [0.3, 0.4) is 0 Å². The van der Waals surface area contributed by atoms with Crippen molar-refractivity contribution in [1.29, 1.82) is 0 Å². The Morgan fingerprint density at radius 2 is 2.05 bits per heavy atom. The predicted octanol–water partition coefficient (Wildman–Crippen LogP) is 2.68. The van der Waals surface area contributed by atoms with Crippen LogP contribution >= 0.6 is 15.9 Å². The van der Waals surface area contributed by atoms with E-state index in [9.17, 15) is 4.79 Å². The second-order valence-corrected chi connectivity index (χ2v) is 5.90. The minimum atomic E-state index is 0.0167. The van der Waals surface area contributed by atoms with E-state index < -0.39 is 0 Å². The molecule has 1 amide bonds. The number of ether oxygens (including phenoxy) is 1. The first-order valence-electron chi connectivity index (χ1n) is 7.12. The fourth-order valence-corrected chi connectivity index (χ4v) is 2.65. The highest BCUT2D eigenvalue weighted by molar-refractivity contribution is 9.10. The van der Waals surface area contributed by atoms with E-state index in [0.29, 0.717) is 17.2 Å². The number of halogens is 1. The van der Waals surface area contributed by atoms with Crippen LogP contribution in [0.5, 0.6) is 11.6 Å². The van der Waals surface area contributed by atoms with Crippen molar-refractivity contribution in [3.05, 3.63) is 52.6 Å². The van der Waals surface area contributed by atoms with Gasteiger partial charge in [-0.3, -0.25) is 4.79 Å². The molecule has 1 aromatic carbocycles. The lowest BCUT2D eigenvalue weighted by molar-refractivity contribution is 0.0735. The molecule has 0 bridgehead atoms. The SMILES string of the molecule is O=C(c1ccc(Oc2cccc(Br)c2)nc1)N1CCNCC1. The fourth-order valence-electron chi connectivity index (χ4n) is 2.27. The van der Waals surface area contributed by atoms with Gasteiger partial charge in [0.1, 0.15) is 5.75 Å². The van der Waals surface area contributed by atoms with Crippen LogP contribution in [0.15, 0.2) is 47.1 Å². The van der Waals surface area contributed by atoms with Gasteiger partial charge in [-0.1, -0.05) is 22.0 Å². The number of aromatic nitrogens is 1. The summed E-state index contributed by atoms with van der Waals surface area (Å²) in [6.07, 6.45) is 1.57. The Hall–Kier alpha value is -1.92. The number of pyridine rings is 1. The summed E-state index contributed by atoms with van der Waals surface area (Å²) in [5.41, 5.74) is 0.587. The molecule has 22 heavy (non-hydrogen) atoms. The molecule has 0 spiro atoms. The van der Waals surface area contributed by atoms with E-state index in [1.54, 1.807) is 18.3 Å². The summed E-state index contributed by atoms with van der Waals surface area (Å²) >= 11 is 3.39. The summed E-state index contributed by atoms with van der Waals surface area (Å²) in [5.74, 6) is 1.18. The lowest BCUT2D eigenvalue weighted by Crippen LogP contribution is -2.46. The number of hydrogen-bond acceptors (Lipinski definition) is 4. The normalized spacial score (nSPS) is 14.7. The Morgan fingerprint density at radius 1 is 1.23 bits per heavy atom. The first-order chi connectivity index (χ1) is 10.7. The van der Waals surface area contributed by atoms with Gasteiger partial charge in [0.15, 0.2) is 0 Å². The average Bonchev–Trinajstić information content (AvgIpc) is 2.56. The predicted molar refractivity (Wildman–Crippen MR) is 87.2 cm³/mol. The zero-order chi connectivity index (χ0) is 15.4. The third-order valence-electron chi connectivity index (χ3n) is 3.41. The lowest BCUT2D eigenvalue weighted by Gasteiger charge is -2.27. The van der Waals surface area contributed by atoms with Crippen molar-refractivity contribution in [2.75, 3.05) is 26.2 Å². The molecule has 0 atom stereocenters. The number of carbonyl (C=O) groups excluding carboxylic acids is 1. The number of piperazine rings is 1. The van der Waals surface area contributed by atoms with Gasteiger partial charge in [0.05, 0.1) is 5.56 Å². The topological polar surface area (TPSA) is 54.5 Å². The summed E-state index contributed by atoms with van der Waals surface area (Å²) in [5, 5.41) is 3.23. The summed E-state index contributed by atoms with van der Waals surface area (Å²) in [4.78, 5) is 18.4. The molecule has 0 radical (unpaired) electrons. The van der Waals surface area contributed by atoms with Gasteiger partial charge in [-0.05, 0) is 24.3 Å². The highest BCUT2D eigenvalue weighted by Gasteiger charge is 2.18. The van der Waals surface area contributed by atoms with Crippen LogP contribution in [0.25, 0.3) is 0 Å². The Bertz CT molecular complexity index is 655. The first-order valence-corrected chi connectivity index (χ1v) is 7.91. The molecule has 0 saturated carbocycles. The number of nitrogens with one attached hydrogen (secondary N) is 1. The third-order valence-corrected chi connectivity index (χ3v) is 3.90. The lowest BCUT2D eigenvalue weighted by atomic mass is 10.2. The molecule has 114 valence electrons. The smallest absolute Gasteiger partial charge is 0.255 e. The van der Waals surface area contributed by atoms with Crippen molar-refractivity contribution >= 4 is 21.8 Å². The first kappa shape index (κ1) is 15.0. The van der Waals surface area contributed by atoms with E-state index in [2.05, 4.69) is 26.2 Å². The van der Waals surface area contributed by atoms with Gasteiger partial charge in [0.2, 0.25) is 5.88 Å². The Balaban J connectivity index is 1.68. The molecule has 1 saturated heterocycles. The maximum absolute atomic E-state index is 12.3. The monoisotopic (exact) mass is 361 g/mol. The number of nitrogens with zero attached hydrogens (tertiary/aromatic N) is 2. The van der Waals surface area contributed by atoms with Crippen LogP contribution in [-0.4, -0.2) is 42.0 Å². The average molecular weight is 362 g/mol. The van der Waals surface area contributed by atoms with E-state index in [-0.39, 0.29) is 5.91 Å². The molecule has 3 rings (SSSR count). The van der Waals surface area contributed by atoms with E-state index >= 15 is 0 Å². The summed E-state index contributed by atoms with van der Waals surface area (Å²) < 4.78 is 6.60. The molecule has 0 unspecified atom stereocenters. The van der Waals surface area contributed by atoms with Gasteiger partial charge in [0, 0.05) is 42.9 Å².